The molecule has 19 heteroatoms. The van der Waals surface area contributed by atoms with Crippen LogP contribution in [0.3, 0.4) is 0 Å². The van der Waals surface area contributed by atoms with Crippen molar-refractivity contribution in [3.8, 4) is 0 Å². The molecule has 0 bridgehead atoms. The largest absolute Gasteiger partial charge is 0.480 e. The molecule has 1 fully saturated rings. The summed E-state index contributed by atoms with van der Waals surface area (Å²) in [5, 5.41) is 19.6. The van der Waals surface area contributed by atoms with Crippen molar-refractivity contribution in [2.45, 2.75) is 96.7 Å². The number of carbonyl (C=O) groups is 8. The highest BCUT2D eigenvalue weighted by Crippen LogP contribution is 2.28. The summed E-state index contributed by atoms with van der Waals surface area (Å²) in [4.78, 5) is 100. The minimum atomic E-state index is -1.64. The average molecular weight is 765 g/mol. The topological polar surface area (TPSA) is 260 Å². The van der Waals surface area contributed by atoms with Gasteiger partial charge in [-0.05, 0) is 11.5 Å². The molecule has 1 aromatic rings. The van der Waals surface area contributed by atoms with Crippen molar-refractivity contribution in [2.75, 3.05) is 19.8 Å². The number of rotatable bonds is 19. The van der Waals surface area contributed by atoms with Crippen LogP contribution in [0.1, 0.15) is 47.1 Å². The molecule has 0 saturated carbocycles. The van der Waals surface area contributed by atoms with Crippen LogP contribution in [0.15, 0.2) is 43.0 Å². The van der Waals surface area contributed by atoms with Crippen molar-refractivity contribution in [3.05, 3.63) is 48.6 Å². The maximum absolute atomic E-state index is 13.8. The lowest BCUT2D eigenvalue weighted by atomic mass is 9.96. The third kappa shape index (κ3) is 14.8. The molecule has 1 saturated heterocycles. The Morgan fingerprint density at radius 3 is 2.00 bits per heavy atom. The monoisotopic (exact) mass is 764 g/mol. The zero-order chi connectivity index (χ0) is 40.5. The summed E-state index contributed by atoms with van der Waals surface area (Å²) in [5.41, 5.74) is 0.641. The lowest BCUT2D eigenvalue weighted by molar-refractivity contribution is -0.278. The zero-order valence-corrected chi connectivity index (χ0v) is 30.9. The Morgan fingerprint density at radius 1 is 0.833 bits per heavy atom. The molecule has 4 amide bonds. The summed E-state index contributed by atoms with van der Waals surface area (Å²) < 4.78 is 32.7. The summed E-state index contributed by atoms with van der Waals surface area (Å²) >= 11 is 0. The summed E-state index contributed by atoms with van der Waals surface area (Å²) in [6, 6.07) is 2.89. The van der Waals surface area contributed by atoms with Crippen LogP contribution < -0.4 is 21.3 Å². The molecule has 0 unspecified atom stereocenters. The fourth-order valence-corrected chi connectivity index (χ4v) is 5.23. The quantitative estimate of drug-likeness (QED) is 0.0700. The number of carbonyl (C=O) groups excluding carboxylic acids is 7. The average Bonchev–Trinajstić information content (AvgIpc) is 3.08. The van der Waals surface area contributed by atoms with Gasteiger partial charge in [0.2, 0.25) is 17.7 Å². The minimum Gasteiger partial charge on any atom is -0.480 e. The molecule has 1 aromatic carbocycles. The van der Waals surface area contributed by atoms with E-state index < -0.39 is 116 Å². The van der Waals surface area contributed by atoms with Gasteiger partial charge < -0.3 is 54.8 Å². The van der Waals surface area contributed by atoms with Gasteiger partial charge in [0, 0.05) is 34.1 Å². The number of hydrogen-bond donors (Lipinski definition) is 5. The molecule has 0 aromatic heterocycles. The predicted octanol–water partition coefficient (Wildman–Crippen LogP) is -0.107. The summed E-state index contributed by atoms with van der Waals surface area (Å²) in [6.45, 7) is 9.51. The first kappa shape index (κ1) is 44.6. The smallest absolute Gasteiger partial charge is 0.408 e. The molecule has 1 heterocycles. The van der Waals surface area contributed by atoms with Gasteiger partial charge in [-0.25, -0.2) is 9.59 Å². The van der Waals surface area contributed by atoms with E-state index in [1.165, 1.54) is 6.08 Å². The number of amides is 4. The lowest BCUT2D eigenvalue weighted by Gasteiger charge is -2.45. The molecule has 2 rings (SSSR count). The number of ether oxygens (including phenoxy) is 6. The first-order valence-electron chi connectivity index (χ1n) is 16.9. The molecule has 8 atom stereocenters. The fourth-order valence-electron chi connectivity index (χ4n) is 5.23. The highest BCUT2D eigenvalue weighted by molar-refractivity contribution is 5.93. The van der Waals surface area contributed by atoms with Crippen LogP contribution in [0.4, 0.5) is 4.79 Å². The Labute approximate surface area is 311 Å². The molecule has 19 nitrogen and oxygen atoms in total. The summed E-state index contributed by atoms with van der Waals surface area (Å²) in [5.74, 6) is -6.78. The molecule has 0 spiro atoms. The Morgan fingerprint density at radius 2 is 1.46 bits per heavy atom. The number of aliphatic carboxylic acids is 1. The molecular formula is C35H48N4O15. The van der Waals surface area contributed by atoms with Crippen molar-refractivity contribution in [1.29, 1.82) is 0 Å². The number of nitrogens with one attached hydrogen (secondary N) is 4. The standard InChI is InChI=1S/C35H48N4O15/c1-8-14-49-35(48)38-25(31(44)39-27(18(2)3)32(45)37-24(33(46)47)15-23-12-10-9-11-13-23)16-51-34-28(36-19(4)40)30(53-22(7)43)29(52-21(6)42)26(54-34)17-50-20(5)41/h8-13,18,24-30,34H,1,14-17H2,2-7H3,(H,36,40)(H,37,45)(H,38,48)(H,39,44)(H,46,47)/t24-,25-,26+,27-,28+,29-,30+,34-/m0/s1. The van der Waals surface area contributed by atoms with Crippen LogP contribution in [-0.4, -0.2) is 121 Å². The van der Waals surface area contributed by atoms with Crippen LogP contribution >= 0.6 is 0 Å². The first-order chi connectivity index (χ1) is 25.4. The van der Waals surface area contributed by atoms with E-state index in [0.29, 0.717) is 5.56 Å². The third-order valence-electron chi connectivity index (χ3n) is 7.58. The lowest BCUT2D eigenvalue weighted by Crippen LogP contribution is -2.67. The van der Waals surface area contributed by atoms with Crippen molar-refractivity contribution >= 4 is 47.7 Å². The number of benzene rings is 1. The third-order valence-corrected chi connectivity index (χ3v) is 7.58. The second-order valence-corrected chi connectivity index (χ2v) is 12.5. The molecule has 0 radical (unpaired) electrons. The number of hydrogen-bond acceptors (Lipinski definition) is 14. The van der Waals surface area contributed by atoms with E-state index in [9.17, 15) is 43.5 Å². The van der Waals surface area contributed by atoms with E-state index in [0.717, 1.165) is 27.7 Å². The van der Waals surface area contributed by atoms with Gasteiger partial charge in [0.25, 0.3) is 0 Å². The van der Waals surface area contributed by atoms with Crippen LogP contribution in [0, 0.1) is 5.92 Å². The van der Waals surface area contributed by atoms with Gasteiger partial charge >= 0.3 is 30.0 Å². The molecule has 54 heavy (non-hydrogen) atoms. The van der Waals surface area contributed by atoms with Crippen LogP contribution in [-0.2, 0) is 68.4 Å². The van der Waals surface area contributed by atoms with Crippen LogP contribution in [0.25, 0.3) is 0 Å². The minimum absolute atomic E-state index is 0.0458. The van der Waals surface area contributed by atoms with Crippen molar-refractivity contribution in [3.63, 3.8) is 0 Å². The van der Waals surface area contributed by atoms with E-state index in [1.807, 2.05) is 0 Å². The summed E-state index contributed by atoms with van der Waals surface area (Å²) in [6.07, 6.45) is -5.70. The Kier molecular flexibility index (Phi) is 18.0. The first-order valence-corrected chi connectivity index (χ1v) is 16.9. The number of alkyl carbamates (subject to hydrolysis) is 1. The number of carboxylic acids is 1. The van der Waals surface area contributed by atoms with Gasteiger partial charge in [-0.15, -0.1) is 0 Å². The van der Waals surface area contributed by atoms with Gasteiger partial charge in [0.15, 0.2) is 18.5 Å². The number of esters is 3. The van der Waals surface area contributed by atoms with Crippen molar-refractivity contribution < 1.29 is 71.9 Å². The van der Waals surface area contributed by atoms with Crippen LogP contribution in [0.2, 0.25) is 0 Å². The van der Waals surface area contributed by atoms with Gasteiger partial charge in [-0.1, -0.05) is 56.8 Å². The van der Waals surface area contributed by atoms with Crippen LogP contribution in [0.5, 0.6) is 0 Å². The van der Waals surface area contributed by atoms with Crippen molar-refractivity contribution in [1.82, 2.24) is 21.3 Å². The highest BCUT2D eigenvalue weighted by atomic mass is 16.7. The van der Waals surface area contributed by atoms with E-state index in [-0.39, 0.29) is 13.0 Å². The second-order valence-electron chi connectivity index (χ2n) is 12.5. The molecule has 0 aliphatic carbocycles. The SMILES string of the molecule is C=CCOC(=O)N[C@@H](CO[C@H]1O[C@H](COC(C)=O)[C@H](OC(C)=O)[C@H](OC(C)=O)[C@H]1NC(C)=O)C(=O)N[C@H](C(=O)N[C@@H](Cc1ccccc1)C(=O)O)C(C)C. The highest BCUT2D eigenvalue weighted by Gasteiger charge is 2.51. The second kappa shape index (κ2) is 21.8. The van der Waals surface area contributed by atoms with E-state index >= 15 is 0 Å². The fraction of sp³-hybridized carbons (Fsp3) is 0.543. The Bertz CT molecular complexity index is 1500. The normalized spacial score (nSPS) is 20.8. The maximum atomic E-state index is 13.8. The molecular weight excluding hydrogens is 716 g/mol. The number of carboxylic acid groups (broad SMARTS) is 1. The van der Waals surface area contributed by atoms with Gasteiger partial charge in [0.1, 0.15) is 43.5 Å². The molecule has 5 N–H and O–H groups in total. The van der Waals surface area contributed by atoms with E-state index in [4.69, 9.17) is 28.4 Å². The summed E-state index contributed by atoms with van der Waals surface area (Å²) in [7, 11) is 0. The van der Waals surface area contributed by atoms with Gasteiger partial charge in [-0.3, -0.25) is 28.8 Å². The predicted molar refractivity (Wildman–Crippen MR) is 185 cm³/mol. The zero-order valence-electron chi connectivity index (χ0n) is 30.9. The molecule has 1 aliphatic heterocycles. The molecule has 298 valence electrons. The van der Waals surface area contributed by atoms with E-state index in [1.54, 1.807) is 44.2 Å². The Hall–Kier alpha value is -5.56. The van der Waals surface area contributed by atoms with Gasteiger partial charge in [0.05, 0.1) is 6.61 Å². The Balaban J connectivity index is 2.43. The maximum Gasteiger partial charge on any atom is 0.408 e. The molecule has 1 aliphatic rings. The van der Waals surface area contributed by atoms with Crippen molar-refractivity contribution in [2.24, 2.45) is 5.92 Å². The van der Waals surface area contributed by atoms with E-state index in [2.05, 4.69) is 27.8 Å². The van der Waals surface area contributed by atoms with Gasteiger partial charge in [-0.2, -0.15) is 0 Å².